The highest BCUT2D eigenvalue weighted by Crippen LogP contribution is 2.42. The molecule has 1 fully saturated rings. The van der Waals surface area contributed by atoms with Gasteiger partial charge < -0.3 is 35.6 Å². The SMILES string of the molecule is NC(=O)Nc1ccc(O)cc1OC[C@H](O)CN1CCC2(CC1)Cc1cc(Cl)ccc1O2. The van der Waals surface area contributed by atoms with Gasteiger partial charge in [-0.05, 0) is 35.9 Å². The third-order valence-corrected chi connectivity index (χ3v) is 5.99. The van der Waals surface area contributed by atoms with Crippen molar-refractivity contribution in [3.8, 4) is 17.2 Å². The van der Waals surface area contributed by atoms with Crippen LogP contribution < -0.4 is 20.5 Å². The lowest BCUT2D eigenvalue weighted by molar-refractivity contribution is -0.00192. The Kier molecular flexibility index (Phi) is 6.13. The highest BCUT2D eigenvalue weighted by atomic mass is 35.5. The fourth-order valence-corrected chi connectivity index (χ4v) is 4.42. The number of likely N-dealkylation sites (tertiary alicyclic amines) is 1. The quantitative estimate of drug-likeness (QED) is 0.506. The summed E-state index contributed by atoms with van der Waals surface area (Å²) in [6.07, 6.45) is 1.85. The summed E-state index contributed by atoms with van der Waals surface area (Å²) in [5.74, 6) is 1.14. The first-order valence-corrected chi connectivity index (χ1v) is 10.6. The number of carbonyl (C=O) groups is 1. The number of carbonyl (C=O) groups excluding carboxylic acids is 1. The van der Waals surface area contributed by atoms with Gasteiger partial charge in [0.05, 0.1) is 5.69 Å². The molecule has 0 saturated carbocycles. The second-order valence-corrected chi connectivity index (χ2v) is 8.59. The first-order chi connectivity index (χ1) is 14.8. The Bertz CT molecular complexity index is 962. The lowest BCUT2D eigenvalue weighted by Gasteiger charge is -2.39. The molecule has 0 unspecified atom stereocenters. The van der Waals surface area contributed by atoms with E-state index in [1.165, 1.54) is 18.2 Å². The summed E-state index contributed by atoms with van der Waals surface area (Å²) < 4.78 is 11.9. The van der Waals surface area contributed by atoms with Gasteiger partial charge in [0.15, 0.2) is 0 Å². The van der Waals surface area contributed by atoms with E-state index < -0.39 is 12.1 Å². The lowest BCUT2D eigenvalue weighted by atomic mass is 9.87. The number of rotatable bonds is 6. The van der Waals surface area contributed by atoms with Crippen LogP contribution in [0.5, 0.6) is 17.2 Å². The molecule has 166 valence electrons. The standard InChI is InChI=1S/C22H26ClN3O5/c23-15-1-4-19-14(9-15)11-22(31-19)5-7-26(8-6-22)12-17(28)13-30-20-10-16(27)2-3-18(20)25-21(24)29/h1-4,9-10,17,27-28H,5-8,11-13H2,(H3,24,25,29)/t17-/m1/s1. The van der Waals surface area contributed by atoms with Crippen molar-refractivity contribution in [1.29, 1.82) is 0 Å². The van der Waals surface area contributed by atoms with Crippen molar-refractivity contribution >= 4 is 23.3 Å². The number of piperidine rings is 1. The van der Waals surface area contributed by atoms with Gasteiger partial charge in [0.25, 0.3) is 0 Å². The van der Waals surface area contributed by atoms with Crippen molar-refractivity contribution in [3.63, 3.8) is 0 Å². The number of nitrogens with one attached hydrogen (secondary N) is 1. The van der Waals surface area contributed by atoms with E-state index in [4.69, 9.17) is 26.8 Å². The van der Waals surface area contributed by atoms with Gasteiger partial charge in [0.1, 0.15) is 35.6 Å². The highest BCUT2D eigenvalue weighted by molar-refractivity contribution is 6.30. The van der Waals surface area contributed by atoms with Crippen molar-refractivity contribution in [1.82, 2.24) is 4.90 Å². The topological polar surface area (TPSA) is 117 Å². The van der Waals surface area contributed by atoms with Gasteiger partial charge >= 0.3 is 6.03 Å². The van der Waals surface area contributed by atoms with Gasteiger partial charge in [0, 0.05) is 50.0 Å². The number of phenols is 1. The van der Waals surface area contributed by atoms with E-state index in [2.05, 4.69) is 10.2 Å². The number of halogens is 1. The molecule has 0 aliphatic carbocycles. The third-order valence-electron chi connectivity index (χ3n) is 5.75. The van der Waals surface area contributed by atoms with Crippen LogP contribution in [-0.2, 0) is 6.42 Å². The Hall–Kier alpha value is -2.68. The van der Waals surface area contributed by atoms with Crippen molar-refractivity contribution in [2.45, 2.75) is 31.0 Å². The zero-order chi connectivity index (χ0) is 22.0. The number of aliphatic hydroxyl groups is 1. The first-order valence-electron chi connectivity index (χ1n) is 10.2. The maximum Gasteiger partial charge on any atom is 0.316 e. The number of aromatic hydroxyl groups is 1. The number of β-amino-alcohol motifs (C(OH)–C–C–N with tert-alkyl or cyclic N) is 1. The number of ether oxygens (including phenoxy) is 2. The molecule has 31 heavy (non-hydrogen) atoms. The van der Waals surface area contributed by atoms with E-state index in [-0.39, 0.29) is 23.7 Å². The van der Waals surface area contributed by atoms with Gasteiger partial charge in [-0.2, -0.15) is 0 Å². The summed E-state index contributed by atoms with van der Waals surface area (Å²) in [7, 11) is 0. The van der Waals surface area contributed by atoms with E-state index in [0.717, 1.165) is 48.7 Å². The first kappa shape index (κ1) is 21.5. The van der Waals surface area contributed by atoms with Crippen LogP contribution in [0.15, 0.2) is 36.4 Å². The number of benzene rings is 2. The second kappa shape index (κ2) is 8.82. The smallest absolute Gasteiger partial charge is 0.316 e. The van der Waals surface area contributed by atoms with Crippen LogP contribution in [0, 0.1) is 0 Å². The molecule has 2 aromatic rings. The van der Waals surface area contributed by atoms with Crippen LogP contribution >= 0.6 is 11.6 Å². The Morgan fingerprint density at radius 3 is 2.81 bits per heavy atom. The largest absolute Gasteiger partial charge is 0.508 e. The number of amides is 2. The van der Waals surface area contributed by atoms with Crippen molar-refractivity contribution < 1.29 is 24.5 Å². The molecule has 0 bridgehead atoms. The van der Waals surface area contributed by atoms with Gasteiger partial charge in [-0.1, -0.05) is 11.6 Å². The minimum absolute atomic E-state index is 0.0129. The molecule has 2 aromatic carbocycles. The minimum Gasteiger partial charge on any atom is -0.508 e. The Labute approximate surface area is 185 Å². The van der Waals surface area contributed by atoms with E-state index in [9.17, 15) is 15.0 Å². The van der Waals surface area contributed by atoms with Gasteiger partial charge in [0.2, 0.25) is 0 Å². The lowest BCUT2D eigenvalue weighted by Crippen LogP contribution is -2.49. The van der Waals surface area contributed by atoms with Crippen molar-refractivity contribution in [3.05, 3.63) is 47.0 Å². The van der Waals surface area contributed by atoms with Crippen LogP contribution in [0.25, 0.3) is 0 Å². The van der Waals surface area contributed by atoms with Gasteiger partial charge in [-0.25, -0.2) is 4.79 Å². The molecule has 4 rings (SSSR count). The molecule has 0 radical (unpaired) electrons. The monoisotopic (exact) mass is 447 g/mol. The highest BCUT2D eigenvalue weighted by Gasteiger charge is 2.42. The fourth-order valence-electron chi connectivity index (χ4n) is 4.23. The number of phenolic OH excluding ortho intramolecular Hbond substituents is 1. The zero-order valence-corrected chi connectivity index (χ0v) is 17.8. The number of aliphatic hydroxyl groups excluding tert-OH is 1. The normalized spacial score (nSPS) is 18.3. The van der Waals surface area contributed by atoms with Crippen LogP contribution in [0.3, 0.4) is 0 Å². The maximum absolute atomic E-state index is 11.1. The molecule has 2 heterocycles. The number of urea groups is 1. The number of anilines is 1. The molecule has 2 amide bonds. The molecule has 8 nitrogen and oxygen atoms in total. The average Bonchev–Trinajstić information content (AvgIpc) is 3.06. The van der Waals surface area contributed by atoms with E-state index in [1.54, 1.807) is 0 Å². The summed E-state index contributed by atoms with van der Waals surface area (Å²) >= 11 is 6.10. The van der Waals surface area contributed by atoms with E-state index >= 15 is 0 Å². The number of hydrogen-bond donors (Lipinski definition) is 4. The molecular weight excluding hydrogens is 422 g/mol. The number of nitrogens with zero attached hydrogens (tertiary/aromatic N) is 1. The van der Waals surface area contributed by atoms with Gasteiger partial charge in [-0.3, -0.25) is 0 Å². The fraction of sp³-hybridized carbons (Fsp3) is 0.409. The Morgan fingerprint density at radius 2 is 2.06 bits per heavy atom. The van der Waals surface area contributed by atoms with Crippen LogP contribution in [0.4, 0.5) is 10.5 Å². The zero-order valence-electron chi connectivity index (χ0n) is 17.0. The summed E-state index contributed by atoms with van der Waals surface area (Å²) in [5.41, 5.74) is 6.44. The predicted molar refractivity (Wildman–Crippen MR) is 117 cm³/mol. The number of hydrogen-bond acceptors (Lipinski definition) is 6. The average molecular weight is 448 g/mol. The molecule has 2 aliphatic rings. The van der Waals surface area contributed by atoms with Crippen molar-refractivity contribution in [2.75, 3.05) is 31.6 Å². The molecule has 1 saturated heterocycles. The maximum atomic E-state index is 11.1. The third kappa shape index (κ3) is 5.15. The summed E-state index contributed by atoms with van der Waals surface area (Å²) in [5, 5.41) is 23.3. The van der Waals surface area contributed by atoms with Gasteiger partial charge in [-0.15, -0.1) is 0 Å². The Balaban J connectivity index is 1.27. The number of primary amides is 1. The van der Waals surface area contributed by atoms with Crippen molar-refractivity contribution in [2.24, 2.45) is 5.73 Å². The molecule has 5 N–H and O–H groups in total. The van der Waals surface area contributed by atoms with E-state index in [0.29, 0.717) is 12.2 Å². The molecule has 1 atom stereocenters. The molecular formula is C22H26ClN3O5. The molecule has 0 aromatic heterocycles. The summed E-state index contributed by atoms with van der Waals surface area (Å²) in [6.45, 7) is 2.07. The molecule has 9 heteroatoms. The Morgan fingerprint density at radius 1 is 1.29 bits per heavy atom. The number of fused-ring (bicyclic) bond motifs is 1. The molecule has 1 spiro atoms. The van der Waals surface area contributed by atoms with E-state index in [1.807, 2.05) is 18.2 Å². The second-order valence-electron chi connectivity index (χ2n) is 8.15. The summed E-state index contributed by atoms with van der Waals surface area (Å²) in [6, 6.07) is 9.28. The molecule has 2 aliphatic heterocycles. The van der Waals surface area contributed by atoms with Crippen LogP contribution in [0.2, 0.25) is 5.02 Å². The van der Waals surface area contributed by atoms with Crippen LogP contribution in [0.1, 0.15) is 18.4 Å². The number of nitrogens with two attached hydrogens (primary N) is 1. The predicted octanol–water partition coefficient (Wildman–Crippen LogP) is 2.75. The van der Waals surface area contributed by atoms with Crippen LogP contribution in [-0.4, -0.2) is 59.1 Å². The minimum atomic E-state index is -0.739. The summed E-state index contributed by atoms with van der Waals surface area (Å²) in [4.78, 5) is 13.3.